The molecule has 4 nitrogen and oxygen atoms in total. The molecule has 134 valence electrons. The molecule has 0 aromatic heterocycles. The lowest BCUT2D eigenvalue weighted by Gasteiger charge is -2.24. The van der Waals surface area contributed by atoms with Gasteiger partial charge in [0, 0.05) is 17.9 Å². The molecule has 1 fully saturated rings. The fraction of sp³-hybridized carbons (Fsp3) is 0.895. The molecule has 23 heavy (non-hydrogen) atoms. The van der Waals surface area contributed by atoms with E-state index in [1.807, 2.05) is 6.92 Å². The molecule has 0 aliphatic heterocycles. The zero-order chi connectivity index (χ0) is 17.1. The molecular weight excluding hydrogens is 290 g/mol. The molecule has 1 aliphatic carbocycles. The summed E-state index contributed by atoms with van der Waals surface area (Å²) in [6.07, 6.45) is 11.9. The number of rotatable bonds is 9. The van der Waals surface area contributed by atoms with Gasteiger partial charge in [0.15, 0.2) is 5.78 Å². The summed E-state index contributed by atoms with van der Waals surface area (Å²) in [7, 11) is 0. The third-order valence-electron chi connectivity index (χ3n) is 5.21. The Morgan fingerprint density at radius 1 is 1.09 bits per heavy atom. The van der Waals surface area contributed by atoms with E-state index in [-0.39, 0.29) is 30.1 Å². The summed E-state index contributed by atoms with van der Waals surface area (Å²) >= 11 is 0. The molecule has 0 heterocycles. The minimum absolute atomic E-state index is 0.0527. The van der Waals surface area contributed by atoms with E-state index < -0.39 is 0 Å². The monoisotopic (exact) mass is 325 g/mol. The minimum Gasteiger partial charge on any atom is -0.389 e. The number of Topliss-reactive ketones (excluding diaryl/α,β-unsaturated/α-hetero) is 1. The van der Waals surface area contributed by atoms with E-state index in [9.17, 15) is 9.59 Å². The molecule has 0 spiro atoms. The van der Waals surface area contributed by atoms with Gasteiger partial charge in [0.1, 0.15) is 6.61 Å². The van der Waals surface area contributed by atoms with Crippen LogP contribution in [0.15, 0.2) is 0 Å². The number of carbonyl (C=O) groups excluding carboxylic acids is 2. The number of aliphatic hydroxyl groups excluding tert-OH is 1. The van der Waals surface area contributed by atoms with E-state index in [4.69, 9.17) is 5.11 Å². The van der Waals surface area contributed by atoms with Crippen molar-refractivity contribution in [2.75, 3.05) is 6.61 Å². The van der Waals surface area contributed by atoms with E-state index in [1.54, 1.807) is 0 Å². The number of hydrogen-bond donors (Lipinski definition) is 2. The van der Waals surface area contributed by atoms with Crippen LogP contribution in [-0.2, 0) is 9.59 Å². The molecule has 0 aromatic rings. The van der Waals surface area contributed by atoms with Crippen LogP contribution in [-0.4, -0.2) is 29.4 Å². The van der Waals surface area contributed by atoms with E-state index in [1.165, 1.54) is 32.1 Å². The Morgan fingerprint density at radius 2 is 1.70 bits per heavy atom. The van der Waals surface area contributed by atoms with Gasteiger partial charge in [-0.3, -0.25) is 9.59 Å². The maximum absolute atomic E-state index is 12.5. The molecule has 1 amide bonds. The molecule has 1 saturated carbocycles. The third kappa shape index (κ3) is 7.96. The Morgan fingerprint density at radius 3 is 2.26 bits per heavy atom. The summed E-state index contributed by atoms with van der Waals surface area (Å²) in [5.41, 5.74) is 0. The standard InChI is InChI=1S/C19H35NO3/c1-3-16(11-9-10-15(2)18(22)14-21)19(23)20-17-12-7-5-4-6-8-13-17/h15-17,21H,3-14H2,1-2H3,(H,20,23). The van der Waals surface area contributed by atoms with Crippen LogP contribution in [0.1, 0.15) is 84.5 Å². The highest BCUT2D eigenvalue weighted by Crippen LogP contribution is 2.20. The second kappa shape index (κ2) is 11.6. The fourth-order valence-electron chi connectivity index (χ4n) is 3.43. The predicted octanol–water partition coefficient (Wildman–Crippen LogP) is 3.61. The van der Waals surface area contributed by atoms with Crippen molar-refractivity contribution in [2.45, 2.75) is 90.5 Å². The van der Waals surface area contributed by atoms with Gasteiger partial charge in [0.05, 0.1) is 0 Å². The van der Waals surface area contributed by atoms with Crippen LogP contribution in [0.2, 0.25) is 0 Å². The average molecular weight is 325 g/mol. The normalized spacial score (nSPS) is 19.4. The van der Waals surface area contributed by atoms with Crippen LogP contribution in [0.5, 0.6) is 0 Å². The molecule has 0 saturated heterocycles. The van der Waals surface area contributed by atoms with Gasteiger partial charge in [-0.25, -0.2) is 0 Å². The highest BCUT2D eigenvalue weighted by Gasteiger charge is 2.21. The van der Waals surface area contributed by atoms with Crippen molar-refractivity contribution in [2.24, 2.45) is 11.8 Å². The van der Waals surface area contributed by atoms with E-state index in [0.717, 1.165) is 38.5 Å². The summed E-state index contributed by atoms with van der Waals surface area (Å²) in [6.45, 7) is 3.54. The Labute approximate surface area is 141 Å². The number of nitrogens with one attached hydrogen (secondary N) is 1. The van der Waals surface area contributed by atoms with Crippen LogP contribution in [0.4, 0.5) is 0 Å². The van der Waals surface area contributed by atoms with Crippen LogP contribution in [0.3, 0.4) is 0 Å². The zero-order valence-corrected chi connectivity index (χ0v) is 15.0. The number of aliphatic hydroxyl groups is 1. The molecule has 0 bridgehead atoms. The van der Waals surface area contributed by atoms with Crippen LogP contribution < -0.4 is 5.32 Å². The topological polar surface area (TPSA) is 66.4 Å². The van der Waals surface area contributed by atoms with E-state index in [0.29, 0.717) is 6.04 Å². The van der Waals surface area contributed by atoms with Gasteiger partial charge < -0.3 is 10.4 Å². The maximum atomic E-state index is 12.5. The lowest BCUT2D eigenvalue weighted by molar-refractivity contribution is -0.126. The second-order valence-electron chi connectivity index (χ2n) is 7.11. The fourth-order valence-corrected chi connectivity index (χ4v) is 3.43. The van der Waals surface area contributed by atoms with Crippen molar-refractivity contribution < 1.29 is 14.7 Å². The largest absolute Gasteiger partial charge is 0.389 e. The number of amides is 1. The summed E-state index contributed by atoms with van der Waals surface area (Å²) in [6, 6.07) is 0.353. The predicted molar refractivity (Wildman–Crippen MR) is 93.1 cm³/mol. The van der Waals surface area contributed by atoms with E-state index in [2.05, 4.69) is 12.2 Å². The first kappa shape index (κ1) is 20.1. The first-order valence-electron chi connectivity index (χ1n) is 9.52. The molecule has 1 rings (SSSR count). The Hall–Kier alpha value is -0.900. The molecule has 4 heteroatoms. The summed E-state index contributed by atoms with van der Waals surface area (Å²) < 4.78 is 0. The minimum atomic E-state index is -0.374. The van der Waals surface area contributed by atoms with Crippen LogP contribution in [0, 0.1) is 11.8 Å². The van der Waals surface area contributed by atoms with Crippen molar-refractivity contribution >= 4 is 11.7 Å². The quantitative estimate of drug-likeness (QED) is 0.680. The Kier molecular flexibility index (Phi) is 10.2. The second-order valence-corrected chi connectivity index (χ2v) is 7.11. The molecule has 2 unspecified atom stereocenters. The number of carbonyl (C=O) groups is 2. The van der Waals surface area contributed by atoms with Crippen molar-refractivity contribution in [1.82, 2.24) is 5.32 Å². The van der Waals surface area contributed by atoms with Crippen molar-refractivity contribution in [1.29, 1.82) is 0 Å². The van der Waals surface area contributed by atoms with Crippen LogP contribution in [0.25, 0.3) is 0 Å². The number of hydrogen-bond acceptors (Lipinski definition) is 3. The first-order chi connectivity index (χ1) is 11.1. The summed E-state index contributed by atoms with van der Waals surface area (Å²) in [5.74, 6) is 0.0410. The van der Waals surface area contributed by atoms with Gasteiger partial charge in [0.2, 0.25) is 5.91 Å². The Balaban J connectivity index is 2.34. The van der Waals surface area contributed by atoms with Crippen molar-refractivity contribution in [3.05, 3.63) is 0 Å². The van der Waals surface area contributed by atoms with Crippen molar-refractivity contribution in [3.8, 4) is 0 Å². The molecule has 0 radical (unpaired) electrons. The summed E-state index contributed by atoms with van der Waals surface area (Å²) in [4.78, 5) is 23.9. The molecule has 2 atom stereocenters. The van der Waals surface area contributed by atoms with Gasteiger partial charge in [0.25, 0.3) is 0 Å². The highest BCUT2D eigenvalue weighted by molar-refractivity contribution is 5.81. The molecule has 0 aromatic carbocycles. The van der Waals surface area contributed by atoms with E-state index >= 15 is 0 Å². The zero-order valence-electron chi connectivity index (χ0n) is 15.0. The third-order valence-corrected chi connectivity index (χ3v) is 5.21. The molecule has 1 aliphatic rings. The smallest absolute Gasteiger partial charge is 0.223 e. The molecule has 2 N–H and O–H groups in total. The van der Waals surface area contributed by atoms with Crippen LogP contribution >= 0.6 is 0 Å². The van der Waals surface area contributed by atoms with Crippen molar-refractivity contribution in [3.63, 3.8) is 0 Å². The Bertz CT molecular complexity index is 349. The highest BCUT2D eigenvalue weighted by atomic mass is 16.3. The van der Waals surface area contributed by atoms with Gasteiger partial charge in [-0.1, -0.05) is 52.4 Å². The average Bonchev–Trinajstić information content (AvgIpc) is 2.52. The first-order valence-corrected chi connectivity index (χ1v) is 9.52. The number of ketones is 1. The molecular formula is C19H35NO3. The maximum Gasteiger partial charge on any atom is 0.223 e. The summed E-state index contributed by atoms with van der Waals surface area (Å²) in [5, 5.41) is 12.1. The van der Waals surface area contributed by atoms with Gasteiger partial charge in [-0.2, -0.15) is 0 Å². The van der Waals surface area contributed by atoms with Gasteiger partial charge in [-0.05, 0) is 32.1 Å². The lowest BCUT2D eigenvalue weighted by atomic mass is 9.92. The lowest BCUT2D eigenvalue weighted by Crippen LogP contribution is -2.39. The van der Waals surface area contributed by atoms with Gasteiger partial charge >= 0.3 is 0 Å². The SMILES string of the molecule is CCC(CCCC(C)C(=O)CO)C(=O)NC1CCCCCCC1. The van der Waals surface area contributed by atoms with Gasteiger partial charge in [-0.15, -0.1) is 0 Å².